The quantitative estimate of drug-likeness (QED) is 0.766. The average Bonchev–Trinajstić information content (AvgIpc) is 2.16. The van der Waals surface area contributed by atoms with Crippen molar-refractivity contribution in [1.82, 2.24) is 5.32 Å². The molecule has 0 saturated carbocycles. The number of alkyl halides is 3. The first kappa shape index (κ1) is 12.4. The molecule has 0 aliphatic heterocycles. The number of rotatable bonds is 2. The molecule has 0 aliphatic carbocycles. The minimum absolute atomic E-state index is 0.436. The van der Waals surface area contributed by atoms with E-state index in [0.717, 1.165) is 0 Å². The Kier molecular flexibility index (Phi) is 3.41. The SMILES string of the molecule is CC(NC(=O)C(F)(F)F)c1cccc(N)c1. The van der Waals surface area contributed by atoms with Crippen molar-refractivity contribution in [2.45, 2.75) is 19.1 Å². The van der Waals surface area contributed by atoms with Crippen molar-refractivity contribution in [3.05, 3.63) is 29.8 Å². The smallest absolute Gasteiger partial charge is 0.399 e. The first-order chi connectivity index (χ1) is 7.30. The number of amides is 1. The first-order valence-corrected chi connectivity index (χ1v) is 4.54. The molecule has 1 aromatic rings. The highest BCUT2D eigenvalue weighted by atomic mass is 19.4. The number of nitrogens with two attached hydrogens (primary N) is 1. The second kappa shape index (κ2) is 4.42. The molecule has 0 saturated heterocycles. The number of nitrogen functional groups attached to an aromatic ring is 1. The van der Waals surface area contributed by atoms with Gasteiger partial charge in [0, 0.05) is 5.69 Å². The van der Waals surface area contributed by atoms with Gasteiger partial charge in [0.2, 0.25) is 0 Å². The van der Waals surface area contributed by atoms with Gasteiger partial charge in [-0.1, -0.05) is 12.1 Å². The Hall–Kier alpha value is -1.72. The van der Waals surface area contributed by atoms with Gasteiger partial charge in [0.1, 0.15) is 0 Å². The van der Waals surface area contributed by atoms with Crippen LogP contribution in [0.2, 0.25) is 0 Å². The molecule has 1 unspecified atom stereocenters. The van der Waals surface area contributed by atoms with Gasteiger partial charge >= 0.3 is 12.1 Å². The van der Waals surface area contributed by atoms with Crippen molar-refractivity contribution < 1.29 is 18.0 Å². The topological polar surface area (TPSA) is 55.1 Å². The van der Waals surface area contributed by atoms with Crippen molar-refractivity contribution in [2.24, 2.45) is 0 Å². The van der Waals surface area contributed by atoms with Crippen LogP contribution in [0.3, 0.4) is 0 Å². The van der Waals surface area contributed by atoms with E-state index in [-0.39, 0.29) is 0 Å². The molecule has 1 amide bonds. The van der Waals surface area contributed by atoms with Crippen LogP contribution in [-0.2, 0) is 4.79 Å². The lowest BCUT2D eigenvalue weighted by Gasteiger charge is -2.15. The van der Waals surface area contributed by atoms with Crippen LogP contribution in [0, 0.1) is 0 Å². The maximum absolute atomic E-state index is 12.0. The largest absolute Gasteiger partial charge is 0.471 e. The lowest BCUT2D eigenvalue weighted by atomic mass is 10.1. The number of anilines is 1. The van der Waals surface area contributed by atoms with Crippen LogP contribution in [0.4, 0.5) is 18.9 Å². The number of carbonyl (C=O) groups excluding carboxylic acids is 1. The lowest BCUT2D eigenvalue weighted by molar-refractivity contribution is -0.174. The van der Waals surface area contributed by atoms with E-state index in [1.165, 1.54) is 13.0 Å². The summed E-state index contributed by atoms with van der Waals surface area (Å²) in [5.41, 5.74) is 6.44. The van der Waals surface area contributed by atoms with Crippen molar-refractivity contribution >= 4 is 11.6 Å². The zero-order valence-electron chi connectivity index (χ0n) is 8.51. The molecule has 1 aromatic carbocycles. The van der Waals surface area contributed by atoms with E-state index in [4.69, 9.17) is 5.73 Å². The van der Waals surface area contributed by atoms with E-state index in [0.29, 0.717) is 11.3 Å². The molecular weight excluding hydrogens is 221 g/mol. The van der Waals surface area contributed by atoms with E-state index in [1.807, 2.05) is 5.32 Å². The van der Waals surface area contributed by atoms with Crippen LogP contribution in [0.1, 0.15) is 18.5 Å². The van der Waals surface area contributed by atoms with Gasteiger partial charge in [-0.25, -0.2) is 0 Å². The predicted octanol–water partition coefficient (Wildman–Crippen LogP) is 2.01. The molecular formula is C10H11F3N2O. The molecule has 0 bridgehead atoms. The summed E-state index contributed by atoms with van der Waals surface area (Å²) in [4.78, 5) is 10.7. The van der Waals surface area contributed by atoms with Crippen molar-refractivity contribution in [3.8, 4) is 0 Å². The third-order valence-corrected chi connectivity index (χ3v) is 2.02. The minimum atomic E-state index is -4.87. The Balaban J connectivity index is 2.73. The van der Waals surface area contributed by atoms with Crippen molar-refractivity contribution in [1.29, 1.82) is 0 Å². The highest BCUT2D eigenvalue weighted by Gasteiger charge is 2.39. The zero-order chi connectivity index (χ0) is 12.3. The van der Waals surface area contributed by atoms with Gasteiger partial charge in [-0.15, -0.1) is 0 Å². The van der Waals surface area contributed by atoms with Crippen LogP contribution in [-0.4, -0.2) is 12.1 Å². The second-order valence-electron chi connectivity index (χ2n) is 3.36. The molecule has 3 nitrogen and oxygen atoms in total. The van der Waals surface area contributed by atoms with E-state index in [9.17, 15) is 18.0 Å². The van der Waals surface area contributed by atoms with Crippen LogP contribution in [0.25, 0.3) is 0 Å². The lowest BCUT2D eigenvalue weighted by Crippen LogP contribution is -2.38. The van der Waals surface area contributed by atoms with E-state index >= 15 is 0 Å². The molecule has 16 heavy (non-hydrogen) atoms. The number of nitrogens with one attached hydrogen (secondary N) is 1. The molecule has 6 heteroatoms. The van der Waals surface area contributed by atoms with Gasteiger partial charge in [-0.3, -0.25) is 4.79 Å². The summed E-state index contributed by atoms with van der Waals surface area (Å²) < 4.78 is 35.9. The summed E-state index contributed by atoms with van der Waals surface area (Å²) in [6.07, 6.45) is -4.87. The van der Waals surface area contributed by atoms with Crippen LogP contribution >= 0.6 is 0 Å². The monoisotopic (exact) mass is 232 g/mol. The van der Waals surface area contributed by atoms with E-state index in [2.05, 4.69) is 0 Å². The van der Waals surface area contributed by atoms with E-state index in [1.54, 1.807) is 18.2 Å². The molecule has 0 heterocycles. The van der Waals surface area contributed by atoms with Gasteiger partial charge < -0.3 is 11.1 Å². The van der Waals surface area contributed by atoms with Gasteiger partial charge in [-0.2, -0.15) is 13.2 Å². The molecule has 1 atom stereocenters. The standard InChI is InChI=1S/C10H11F3N2O/c1-6(15-9(16)10(11,12)13)7-3-2-4-8(14)5-7/h2-6H,14H2,1H3,(H,15,16). The maximum Gasteiger partial charge on any atom is 0.471 e. The van der Waals surface area contributed by atoms with Gasteiger partial charge in [0.25, 0.3) is 0 Å². The molecule has 0 aromatic heterocycles. The molecule has 3 N–H and O–H groups in total. The summed E-state index contributed by atoms with van der Waals surface area (Å²) in [5, 5.41) is 1.84. The zero-order valence-corrected chi connectivity index (χ0v) is 8.51. The molecule has 0 spiro atoms. The molecule has 0 fully saturated rings. The number of hydrogen-bond donors (Lipinski definition) is 2. The highest BCUT2D eigenvalue weighted by Crippen LogP contribution is 2.19. The molecule has 1 rings (SSSR count). The fourth-order valence-electron chi connectivity index (χ4n) is 1.19. The summed E-state index contributed by atoms with van der Waals surface area (Å²) in [6, 6.07) is 5.60. The van der Waals surface area contributed by atoms with Crippen molar-refractivity contribution in [2.75, 3.05) is 5.73 Å². The third-order valence-electron chi connectivity index (χ3n) is 2.02. The van der Waals surface area contributed by atoms with Crippen molar-refractivity contribution in [3.63, 3.8) is 0 Å². The minimum Gasteiger partial charge on any atom is -0.399 e. The summed E-state index contributed by atoms with van der Waals surface area (Å²) >= 11 is 0. The molecule has 88 valence electrons. The Morgan fingerprint density at radius 2 is 2.06 bits per heavy atom. The van der Waals surface area contributed by atoms with Gasteiger partial charge in [-0.05, 0) is 24.6 Å². The average molecular weight is 232 g/mol. The number of hydrogen-bond acceptors (Lipinski definition) is 2. The number of benzene rings is 1. The summed E-state index contributed by atoms with van der Waals surface area (Å²) in [6.45, 7) is 1.46. The fraction of sp³-hybridized carbons (Fsp3) is 0.300. The molecule has 0 aliphatic rings. The summed E-state index contributed by atoms with van der Waals surface area (Å²) in [7, 11) is 0. The van der Waals surface area contributed by atoms with Gasteiger partial charge in [0.05, 0.1) is 6.04 Å². The first-order valence-electron chi connectivity index (χ1n) is 4.54. The van der Waals surface area contributed by atoms with Crippen LogP contribution in [0.15, 0.2) is 24.3 Å². The Morgan fingerprint density at radius 1 is 1.44 bits per heavy atom. The fourth-order valence-corrected chi connectivity index (χ4v) is 1.19. The van der Waals surface area contributed by atoms with Crippen LogP contribution in [0.5, 0.6) is 0 Å². The highest BCUT2D eigenvalue weighted by molar-refractivity contribution is 5.82. The Morgan fingerprint density at radius 3 is 2.56 bits per heavy atom. The second-order valence-corrected chi connectivity index (χ2v) is 3.36. The van der Waals surface area contributed by atoms with Crippen LogP contribution < -0.4 is 11.1 Å². The molecule has 0 radical (unpaired) electrons. The van der Waals surface area contributed by atoms with E-state index < -0.39 is 18.1 Å². The maximum atomic E-state index is 12.0. The number of halogens is 3. The predicted molar refractivity (Wildman–Crippen MR) is 53.5 cm³/mol. The third kappa shape index (κ3) is 3.15. The number of carbonyl (C=O) groups is 1. The Bertz CT molecular complexity index is 390. The Labute approximate surface area is 90.4 Å². The normalized spacial score (nSPS) is 13.2. The summed E-state index contributed by atoms with van der Waals surface area (Å²) in [5.74, 6) is -1.96. The van der Waals surface area contributed by atoms with Gasteiger partial charge in [0.15, 0.2) is 0 Å².